The molecule has 0 unspecified atom stereocenters. The standard InChI is InChI=1S/C11H11FN2/c1-8(11-6-13-7-14-11)9-3-2-4-10(12)5-9/h2-8H,1H3,(H,13,14)/t8-/m1/s1. The Labute approximate surface area is 81.8 Å². The van der Waals surface area contributed by atoms with Crippen molar-refractivity contribution in [1.82, 2.24) is 9.97 Å². The smallest absolute Gasteiger partial charge is 0.123 e. The molecule has 0 aliphatic heterocycles. The number of aromatic nitrogens is 2. The molecule has 14 heavy (non-hydrogen) atoms. The summed E-state index contributed by atoms with van der Waals surface area (Å²) in [5.41, 5.74) is 1.95. The summed E-state index contributed by atoms with van der Waals surface area (Å²) in [6.07, 6.45) is 3.39. The molecule has 0 saturated heterocycles. The second kappa shape index (κ2) is 3.62. The summed E-state index contributed by atoms with van der Waals surface area (Å²) in [5.74, 6) is -0.0536. The lowest BCUT2D eigenvalue weighted by molar-refractivity contribution is 0.624. The fourth-order valence-electron chi connectivity index (χ4n) is 1.46. The van der Waals surface area contributed by atoms with E-state index < -0.39 is 0 Å². The van der Waals surface area contributed by atoms with Crippen molar-refractivity contribution in [3.63, 3.8) is 0 Å². The largest absolute Gasteiger partial charge is 0.348 e. The van der Waals surface area contributed by atoms with E-state index in [9.17, 15) is 4.39 Å². The zero-order valence-electron chi connectivity index (χ0n) is 7.87. The average molecular weight is 190 g/mol. The van der Waals surface area contributed by atoms with E-state index in [0.717, 1.165) is 11.3 Å². The van der Waals surface area contributed by atoms with Crippen LogP contribution in [0.5, 0.6) is 0 Å². The molecule has 72 valence electrons. The minimum atomic E-state index is -0.200. The molecular weight excluding hydrogens is 179 g/mol. The van der Waals surface area contributed by atoms with Crippen LogP contribution in [0.4, 0.5) is 4.39 Å². The highest BCUT2D eigenvalue weighted by Gasteiger charge is 2.09. The monoisotopic (exact) mass is 190 g/mol. The first-order chi connectivity index (χ1) is 6.77. The van der Waals surface area contributed by atoms with Crippen LogP contribution in [0, 0.1) is 5.82 Å². The summed E-state index contributed by atoms with van der Waals surface area (Å²) in [6, 6.07) is 6.63. The van der Waals surface area contributed by atoms with E-state index in [4.69, 9.17) is 0 Å². The Kier molecular flexibility index (Phi) is 2.31. The second-order valence-electron chi connectivity index (χ2n) is 3.28. The van der Waals surface area contributed by atoms with Crippen molar-refractivity contribution in [2.75, 3.05) is 0 Å². The predicted molar refractivity (Wildman–Crippen MR) is 52.5 cm³/mol. The number of nitrogens with one attached hydrogen (secondary N) is 1. The quantitative estimate of drug-likeness (QED) is 0.774. The van der Waals surface area contributed by atoms with E-state index in [2.05, 4.69) is 9.97 Å². The highest BCUT2D eigenvalue weighted by atomic mass is 19.1. The number of nitrogens with zero attached hydrogens (tertiary/aromatic N) is 1. The Balaban J connectivity index is 2.32. The van der Waals surface area contributed by atoms with Gasteiger partial charge >= 0.3 is 0 Å². The Morgan fingerprint density at radius 2 is 2.29 bits per heavy atom. The van der Waals surface area contributed by atoms with Crippen molar-refractivity contribution in [2.45, 2.75) is 12.8 Å². The van der Waals surface area contributed by atoms with Gasteiger partial charge < -0.3 is 4.98 Å². The third-order valence-corrected chi connectivity index (χ3v) is 2.33. The molecule has 3 heteroatoms. The van der Waals surface area contributed by atoms with Gasteiger partial charge in [-0.15, -0.1) is 0 Å². The van der Waals surface area contributed by atoms with Gasteiger partial charge in [-0.05, 0) is 17.7 Å². The number of hydrogen-bond donors (Lipinski definition) is 1. The number of benzene rings is 1. The zero-order chi connectivity index (χ0) is 9.97. The van der Waals surface area contributed by atoms with Gasteiger partial charge in [-0.1, -0.05) is 19.1 Å². The van der Waals surface area contributed by atoms with Gasteiger partial charge in [-0.3, -0.25) is 0 Å². The summed E-state index contributed by atoms with van der Waals surface area (Å²) in [5, 5.41) is 0. The van der Waals surface area contributed by atoms with Gasteiger partial charge in [-0.2, -0.15) is 0 Å². The van der Waals surface area contributed by atoms with Crippen molar-refractivity contribution in [3.8, 4) is 0 Å². The third kappa shape index (κ3) is 1.66. The van der Waals surface area contributed by atoms with E-state index in [1.807, 2.05) is 13.0 Å². The van der Waals surface area contributed by atoms with Crippen LogP contribution in [0.25, 0.3) is 0 Å². The van der Waals surface area contributed by atoms with Crippen molar-refractivity contribution < 1.29 is 4.39 Å². The second-order valence-corrected chi connectivity index (χ2v) is 3.28. The molecule has 2 aromatic rings. The van der Waals surface area contributed by atoms with Crippen LogP contribution in [0.2, 0.25) is 0 Å². The van der Waals surface area contributed by atoms with Crippen LogP contribution in [0.1, 0.15) is 24.1 Å². The van der Waals surface area contributed by atoms with Gasteiger partial charge in [0, 0.05) is 17.8 Å². The molecule has 1 atom stereocenters. The van der Waals surface area contributed by atoms with Gasteiger partial charge in [0.05, 0.1) is 6.33 Å². The highest BCUT2D eigenvalue weighted by Crippen LogP contribution is 2.21. The molecule has 0 saturated carbocycles. The molecule has 0 radical (unpaired) electrons. The van der Waals surface area contributed by atoms with Crippen LogP contribution >= 0.6 is 0 Å². The molecule has 2 nitrogen and oxygen atoms in total. The Bertz CT molecular complexity index is 409. The molecule has 1 N–H and O–H groups in total. The number of aromatic amines is 1. The lowest BCUT2D eigenvalue weighted by Crippen LogP contribution is -1.96. The lowest BCUT2D eigenvalue weighted by atomic mass is 9.98. The van der Waals surface area contributed by atoms with Crippen molar-refractivity contribution in [1.29, 1.82) is 0 Å². The summed E-state index contributed by atoms with van der Waals surface area (Å²) in [7, 11) is 0. The van der Waals surface area contributed by atoms with Crippen LogP contribution in [0.3, 0.4) is 0 Å². The SMILES string of the molecule is C[C@H](c1cccc(F)c1)c1cnc[nH]1. The minimum absolute atomic E-state index is 0.146. The number of imidazole rings is 1. The van der Waals surface area contributed by atoms with Crippen LogP contribution in [-0.4, -0.2) is 9.97 Å². The summed E-state index contributed by atoms with van der Waals surface area (Å²) >= 11 is 0. The van der Waals surface area contributed by atoms with Crippen LogP contribution in [-0.2, 0) is 0 Å². The highest BCUT2D eigenvalue weighted by molar-refractivity contribution is 5.26. The molecule has 1 aromatic carbocycles. The van der Waals surface area contributed by atoms with E-state index in [0.29, 0.717) is 0 Å². The molecule has 1 heterocycles. The van der Waals surface area contributed by atoms with E-state index in [1.165, 1.54) is 6.07 Å². The van der Waals surface area contributed by atoms with Gasteiger partial charge in [-0.25, -0.2) is 9.37 Å². The first-order valence-corrected chi connectivity index (χ1v) is 4.51. The fraction of sp³-hybridized carbons (Fsp3) is 0.182. The number of rotatable bonds is 2. The van der Waals surface area contributed by atoms with Gasteiger partial charge in [0.25, 0.3) is 0 Å². The van der Waals surface area contributed by atoms with Crippen molar-refractivity contribution in [3.05, 3.63) is 53.9 Å². The summed E-state index contributed by atoms with van der Waals surface area (Å²) in [4.78, 5) is 6.96. The van der Waals surface area contributed by atoms with Gasteiger partial charge in [0.1, 0.15) is 5.82 Å². The molecule has 0 bridgehead atoms. The first-order valence-electron chi connectivity index (χ1n) is 4.51. The zero-order valence-corrected chi connectivity index (χ0v) is 7.87. The molecule has 0 fully saturated rings. The summed E-state index contributed by atoms with van der Waals surface area (Å²) < 4.78 is 12.9. The third-order valence-electron chi connectivity index (χ3n) is 2.33. The first kappa shape index (κ1) is 8.94. The Morgan fingerprint density at radius 3 is 2.93 bits per heavy atom. The number of hydrogen-bond acceptors (Lipinski definition) is 1. The van der Waals surface area contributed by atoms with E-state index in [1.54, 1.807) is 24.7 Å². The Hall–Kier alpha value is -1.64. The maximum absolute atomic E-state index is 12.9. The van der Waals surface area contributed by atoms with Crippen LogP contribution in [0.15, 0.2) is 36.8 Å². The molecule has 0 amide bonds. The number of halogens is 1. The van der Waals surface area contributed by atoms with Crippen molar-refractivity contribution in [2.24, 2.45) is 0 Å². The molecule has 2 rings (SSSR count). The predicted octanol–water partition coefficient (Wildman–Crippen LogP) is 2.70. The molecular formula is C11H11FN2. The number of H-pyrrole nitrogens is 1. The molecule has 1 aromatic heterocycles. The van der Waals surface area contributed by atoms with E-state index >= 15 is 0 Å². The fourth-order valence-corrected chi connectivity index (χ4v) is 1.46. The van der Waals surface area contributed by atoms with Crippen molar-refractivity contribution >= 4 is 0 Å². The van der Waals surface area contributed by atoms with Gasteiger partial charge in [0.2, 0.25) is 0 Å². The molecule has 0 aliphatic carbocycles. The Morgan fingerprint density at radius 1 is 1.43 bits per heavy atom. The lowest BCUT2D eigenvalue weighted by Gasteiger charge is -2.09. The van der Waals surface area contributed by atoms with Gasteiger partial charge in [0.15, 0.2) is 0 Å². The average Bonchev–Trinajstić information content (AvgIpc) is 2.69. The normalized spacial score (nSPS) is 12.7. The maximum Gasteiger partial charge on any atom is 0.123 e. The summed E-state index contributed by atoms with van der Waals surface area (Å²) in [6.45, 7) is 2.02. The maximum atomic E-state index is 12.9. The topological polar surface area (TPSA) is 28.7 Å². The minimum Gasteiger partial charge on any atom is -0.348 e. The van der Waals surface area contributed by atoms with E-state index in [-0.39, 0.29) is 11.7 Å². The van der Waals surface area contributed by atoms with Crippen LogP contribution < -0.4 is 0 Å². The molecule has 0 spiro atoms. The molecule has 0 aliphatic rings.